The maximum Gasteiger partial charge on any atom is 0.508 e. The van der Waals surface area contributed by atoms with Gasteiger partial charge in [0.15, 0.2) is 11.9 Å². The Morgan fingerprint density at radius 3 is 2.33 bits per heavy atom. The van der Waals surface area contributed by atoms with Crippen molar-refractivity contribution < 1.29 is 98.2 Å². The van der Waals surface area contributed by atoms with Crippen LogP contribution >= 0.6 is 11.3 Å². The van der Waals surface area contributed by atoms with Crippen molar-refractivity contribution in [2.24, 2.45) is 28.6 Å². The van der Waals surface area contributed by atoms with Crippen molar-refractivity contribution in [3.63, 3.8) is 0 Å². The maximum absolute atomic E-state index is 14.6. The molecule has 11 atom stereocenters. The molecule has 3 aliphatic rings. The molecule has 0 aliphatic heterocycles. The minimum atomic E-state index is -1.94. The first kappa shape index (κ1) is 39.5. The van der Waals surface area contributed by atoms with Crippen molar-refractivity contribution in [1.82, 2.24) is 5.32 Å². The Morgan fingerprint density at radius 2 is 1.80 bits per heavy atom. The van der Waals surface area contributed by atoms with E-state index in [-0.39, 0.29) is 62.5 Å². The van der Waals surface area contributed by atoms with Crippen LogP contribution in [-0.2, 0) is 23.8 Å². The number of fused-ring (bicyclic) bond motifs is 3. The zero-order chi connectivity index (χ0) is 33.9. The average Bonchev–Trinajstić information content (AvgIpc) is 3.52. The number of Topliss-reactive ketones (excluding diaryl/α,β-unsaturated/α-hetero) is 1. The molecule has 1 aromatic rings. The van der Waals surface area contributed by atoms with Gasteiger partial charge in [-0.3, -0.25) is 4.79 Å². The van der Waals surface area contributed by atoms with Gasteiger partial charge in [-0.15, -0.1) is 11.3 Å². The van der Waals surface area contributed by atoms with Crippen molar-refractivity contribution in [3.8, 4) is 0 Å². The number of aliphatic hydroxyl groups excluding tert-OH is 3. The number of esters is 1. The zero-order valence-corrected chi connectivity index (χ0v) is 33.2. The summed E-state index contributed by atoms with van der Waals surface area (Å²) in [5, 5.41) is 63.2. The number of hydrogen-bond acceptors (Lipinski definition) is 13. The van der Waals surface area contributed by atoms with Gasteiger partial charge in [-0.25, -0.2) is 9.59 Å². The molecule has 1 aromatic heterocycles. The molecule has 1 heterocycles. The van der Waals surface area contributed by atoms with E-state index in [2.05, 4.69) is 5.32 Å². The van der Waals surface area contributed by atoms with Crippen LogP contribution in [0.15, 0.2) is 28.7 Å². The Bertz CT molecular complexity index is 1340. The third-order valence-corrected chi connectivity index (χ3v) is 12.3. The van der Waals surface area contributed by atoms with Crippen molar-refractivity contribution in [3.05, 3.63) is 33.5 Å². The predicted molar refractivity (Wildman–Crippen MR) is 163 cm³/mol. The third-order valence-electron chi connectivity index (χ3n) is 11.4. The number of ether oxygens (including phenoxy) is 3. The molecule has 46 heavy (non-hydrogen) atoms. The minimum absolute atomic E-state index is 0. The monoisotopic (exact) mass is 880 g/mol. The number of nitrogens with one attached hydrogen (secondary N) is 1. The standard InChI is InChI=1S/C32H47NO11S.Ac/c1-15-12-20(44-28(39)42-8)30(6)25(31(15,40)14-34)17(3)32(41)13-18(16(2)21(29(32,4)5)23(35)26(30)37)43-27(38)24(36)22(33-7)19-10-9-11-45-19;/h9-11,15,17-18,20,22-25,33-36,40-41H,12-14H2,1-8H3;/t15-,17+,18?,20?,22?,23?,24?,25?,30-,31?,32?;/m1./s1. The first-order valence-electron chi connectivity index (χ1n) is 15.2. The number of aliphatic hydroxyl groups is 5. The fourth-order valence-electron chi connectivity index (χ4n) is 8.65. The Morgan fingerprint density at radius 1 is 1.17 bits per heavy atom. The van der Waals surface area contributed by atoms with Crippen LogP contribution in [0.2, 0.25) is 0 Å². The molecule has 2 saturated carbocycles. The second-order valence-corrected chi connectivity index (χ2v) is 14.6. The Labute approximate surface area is 309 Å². The molecule has 3 aliphatic carbocycles. The van der Waals surface area contributed by atoms with Gasteiger partial charge < -0.3 is 45.1 Å². The second-order valence-electron chi connectivity index (χ2n) is 13.7. The van der Waals surface area contributed by atoms with Gasteiger partial charge in [-0.1, -0.05) is 33.8 Å². The van der Waals surface area contributed by atoms with E-state index in [0.29, 0.717) is 10.5 Å². The summed E-state index contributed by atoms with van der Waals surface area (Å²) in [4.78, 5) is 41.0. The summed E-state index contributed by atoms with van der Waals surface area (Å²) in [6.07, 6.45) is -7.09. The largest absolute Gasteiger partial charge is 0.508 e. The average molecular weight is 881 g/mol. The quantitative estimate of drug-likeness (QED) is 0.173. The van der Waals surface area contributed by atoms with Gasteiger partial charge >= 0.3 is 12.1 Å². The number of methoxy groups -OCH3 is 1. The molecular weight excluding hydrogens is 833 g/mol. The molecule has 255 valence electrons. The van der Waals surface area contributed by atoms with E-state index in [9.17, 15) is 39.9 Å². The summed E-state index contributed by atoms with van der Waals surface area (Å²) in [5.74, 6) is -4.70. The molecule has 8 unspecified atom stereocenters. The summed E-state index contributed by atoms with van der Waals surface area (Å²) in [6.45, 7) is 8.95. The molecule has 0 saturated heterocycles. The molecule has 6 N–H and O–H groups in total. The molecule has 14 heteroatoms. The van der Waals surface area contributed by atoms with Crippen molar-refractivity contribution >= 4 is 29.2 Å². The SMILES string of the molecule is CNC(c1cccs1)C(O)C(=O)OC1CC2(O)[C@@H](C)C3C(O)(CO)[C@H](C)CC(OC(=O)OC)[C@@]3(C)C(=O)C(O)C(=C1C)C2(C)C.[Ac]. The first-order chi connectivity index (χ1) is 20.9. The molecule has 4 rings (SSSR count). The first-order valence-corrected chi connectivity index (χ1v) is 16.1. The van der Waals surface area contributed by atoms with Crippen LogP contribution in [0, 0.1) is 72.6 Å². The number of carbonyl (C=O) groups is 3. The van der Waals surface area contributed by atoms with Gasteiger partial charge in [0.2, 0.25) is 0 Å². The van der Waals surface area contributed by atoms with Crippen LogP contribution in [0.4, 0.5) is 4.79 Å². The number of hydrogen-bond donors (Lipinski definition) is 6. The summed E-state index contributed by atoms with van der Waals surface area (Å²) >= 11 is 1.35. The van der Waals surface area contributed by atoms with E-state index in [1.165, 1.54) is 18.3 Å². The summed E-state index contributed by atoms with van der Waals surface area (Å²) in [5.41, 5.74) is -6.40. The van der Waals surface area contributed by atoms with Crippen LogP contribution in [0.25, 0.3) is 0 Å². The van der Waals surface area contributed by atoms with Crippen molar-refractivity contribution in [1.29, 1.82) is 0 Å². The number of likely N-dealkylation sites (N-methyl/N-ethyl adjacent to an activating group) is 1. The fraction of sp³-hybridized carbons (Fsp3) is 0.719. The number of ketones is 1. The van der Waals surface area contributed by atoms with E-state index in [0.717, 1.165) is 7.11 Å². The van der Waals surface area contributed by atoms with E-state index in [1.807, 2.05) is 5.38 Å². The topological polar surface area (TPSA) is 192 Å². The molecule has 12 nitrogen and oxygen atoms in total. The maximum atomic E-state index is 14.6. The van der Waals surface area contributed by atoms with Crippen LogP contribution in [-0.4, -0.2) is 99.8 Å². The van der Waals surface area contributed by atoms with Crippen molar-refractivity contribution in [2.45, 2.75) is 96.0 Å². The van der Waals surface area contributed by atoms with Gasteiger partial charge in [-0.05, 0) is 61.7 Å². The molecule has 2 fully saturated rings. The van der Waals surface area contributed by atoms with Crippen LogP contribution < -0.4 is 5.32 Å². The number of rotatable bonds is 7. The Balaban J connectivity index is 0.00000576. The normalized spacial score (nSPS) is 38.3. The summed E-state index contributed by atoms with van der Waals surface area (Å²) in [7, 11) is 2.72. The van der Waals surface area contributed by atoms with E-state index >= 15 is 0 Å². The van der Waals surface area contributed by atoms with Gasteiger partial charge in [0, 0.05) is 66.7 Å². The fourth-order valence-corrected chi connectivity index (χ4v) is 9.52. The van der Waals surface area contributed by atoms with Crippen LogP contribution in [0.1, 0.15) is 65.3 Å². The van der Waals surface area contributed by atoms with Gasteiger partial charge in [-0.2, -0.15) is 0 Å². The predicted octanol–water partition coefficient (Wildman–Crippen LogP) is 1.88. The third kappa shape index (κ3) is 5.96. The smallest absolute Gasteiger partial charge is 0.456 e. The summed E-state index contributed by atoms with van der Waals surface area (Å²) in [6, 6.07) is 2.79. The molecule has 2 bridgehead atoms. The zero-order valence-electron chi connectivity index (χ0n) is 27.6. The minimum Gasteiger partial charge on any atom is -0.456 e. The molecule has 0 spiro atoms. The molecule has 0 aromatic carbocycles. The number of carbonyl (C=O) groups excluding carboxylic acids is 3. The van der Waals surface area contributed by atoms with Gasteiger partial charge in [0.25, 0.3) is 0 Å². The Hall–Kier alpha value is -0.948. The molecule has 1 radical (unpaired) electrons. The van der Waals surface area contributed by atoms with E-state index in [4.69, 9.17) is 14.2 Å². The van der Waals surface area contributed by atoms with Crippen LogP contribution in [0.3, 0.4) is 0 Å². The molecular formula is C32H47AcNO11S. The second kappa shape index (κ2) is 14.1. The van der Waals surface area contributed by atoms with E-state index in [1.54, 1.807) is 53.8 Å². The molecule has 0 amide bonds. The number of thiophene rings is 1. The van der Waals surface area contributed by atoms with E-state index < -0.39 is 94.8 Å². The Kier molecular flexibility index (Phi) is 12.1. The van der Waals surface area contributed by atoms with Gasteiger partial charge in [0.05, 0.1) is 36.4 Å². The summed E-state index contributed by atoms with van der Waals surface area (Å²) < 4.78 is 16.2. The van der Waals surface area contributed by atoms with Gasteiger partial charge in [0.1, 0.15) is 18.3 Å². The van der Waals surface area contributed by atoms with Crippen molar-refractivity contribution in [2.75, 3.05) is 20.8 Å². The van der Waals surface area contributed by atoms with Crippen LogP contribution in [0.5, 0.6) is 0 Å².